The summed E-state index contributed by atoms with van der Waals surface area (Å²) in [5.74, 6) is 0. The molecule has 0 radical (unpaired) electrons. The summed E-state index contributed by atoms with van der Waals surface area (Å²) in [6.07, 6.45) is 4.64. The molecular weight excluding hydrogens is 242 g/mol. The van der Waals surface area contributed by atoms with E-state index in [0.717, 1.165) is 36.4 Å². The predicted octanol–water partition coefficient (Wildman–Crippen LogP) is 2.84. The molecular formula is C12H18ClNOS. The van der Waals surface area contributed by atoms with E-state index in [4.69, 9.17) is 11.6 Å². The lowest BCUT2D eigenvalue weighted by atomic mass is 9.80. The van der Waals surface area contributed by atoms with Gasteiger partial charge in [0.1, 0.15) is 0 Å². The average Bonchev–Trinajstić information content (AvgIpc) is 2.64. The number of hydrogen-bond donors (Lipinski definition) is 2. The molecule has 90 valence electrons. The van der Waals surface area contributed by atoms with Crippen LogP contribution in [0.25, 0.3) is 0 Å². The molecule has 0 aliphatic heterocycles. The molecule has 1 aromatic heterocycles. The highest BCUT2D eigenvalue weighted by atomic mass is 35.5. The van der Waals surface area contributed by atoms with Crippen LogP contribution in [0.3, 0.4) is 0 Å². The largest absolute Gasteiger partial charge is 0.390 e. The van der Waals surface area contributed by atoms with Crippen molar-refractivity contribution in [3.63, 3.8) is 0 Å². The van der Waals surface area contributed by atoms with Gasteiger partial charge in [0.25, 0.3) is 0 Å². The van der Waals surface area contributed by atoms with Crippen molar-refractivity contribution < 1.29 is 5.11 Å². The molecule has 0 bridgehead atoms. The van der Waals surface area contributed by atoms with Crippen LogP contribution in [0.15, 0.2) is 12.1 Å². The molecule has 2 rings (SSSR count). The number of thiophene rings is 1. The zero-order chi connectivity index (χ0) is 11.6. The number of nitrogens with one attached hydrogen (secondary N) is 1. The van der Waals surface area contributed by atoms with E-state index in [2.05, 4.69) is 5.32 Å². The molecule has 0 spiro atoms. The van der Waals surface area contributed by atoms with Gasteiger partial charge in [-0.3, -0.25) is 0 Å². The molecule has 1 aliphatic carbocycles. The summed E-state index contributed by atoms with van der Waals surface area (Å²) in [6.45, 7) is 0. The van der Waals surface area contributed by atoms with Gasteiger partial charge >= 0.3 is 0 Å². The van der Waals surface area contributed by atoms with Gasteiger partial charge in [-0.15, -0.1) is 11.3 Å². The first-order valence-electron chi connectivity index (χ1n) is 5.75. The second-order valence-corrected chi connectivity index (χ2v) is 6.47. The molecule has 0 saturated heterocycles. The van der Waals surface area contributed by atoms with Gasteiger partial charge in [-0.25, -0.2) is 0 Å². The Morgan fingerprint density at radius 3 is 2.69 bits per heavy atom. The fourth-order valence-corrected chi connectivity index (χ4v) is 3.62. The Hall–Kier alpha value is -0.0900. The van der Waals surface area contributed by atoms with Crippen LogP contribution in [0.2, 0.25) is 4.34 Å². The van der Waals surface area contributed by atoms with E-state index in [1.165, 1.54) is 4.88 Å². The molecule has 1 saturated carbocycles. The molecule has 2 N–H and O–H groups in total. The van der Waals surface area contributed by atoms with Crippen molar-refractivity contribution in [2.75, 3.05) is 7.05 Å². The van der Waals surface area contributed by atoms with Crippen molar-refractivity contribution in [3.05, 3.63) is 21.3 Å². The van der Waals surface area contributed by atoms with E-state index in [1.54, 1.807) is 11.3 Å². The van der Waals surface area contributed by atoms with Crippen LogP contribution in [-0.2, 0) is 6.42 Å². The Bertz CT molecular complexity index is 345. The first-order valence-corrected chi connectivity index (χ1v) is 6.95. The van der Waals surface area contributed by atoms with Gasteiger partial charge in [0, 0.05) is 17.3 Å². The van der Waals surface area contributed by atoms with Crippen LogP contribution in [0.1, 0.15) is 30.6 Å². The SMILES string of the molecule is CNC1CCC(O)(Cc2ccc(Cl)s2)CC1. The normalized spacial score (nSPS) is 30.6. The van der Waals surface area contributed by atoms with Crippen LogP contribution < -0.4 is 5.32 Å². The van der Waals surface area contributed by atoms with Crippen LogP contribution >= 0.6 is 22.9 Å². The van der Waals surface area contributed by atoms with Crippen LogP contribution in [0.4, 0.5) is 0 Å². The second kappa shape index (κ2) is 5.05. The zero-order valence-corrected chi connectivity index (χ0v) is 11.1. The van der Waals surface area contributed by atoms with Crippen LogP contribution in [-0.4, -0.2) is 23.8 Å². The molecule has 1 fully saturated rings. The van der Waals surface area contributed by atoms with Crippen molar-refractivity contribution in [2.24, 2.45) is 0 Å². The van der Waals surface area contributed by atoms with Crippen molar-refractivity contribution in [2.45, 2.75) is 43.7 Å². The molecule has 2 nitrogen and oxygen atoms in total. The molecule has 4 heteroatoms. The Morgan fingerprint density at radius 2 is 2.19 bits per heavy atom. The fourth-order valence-electron chi connectivity index (χ4n) is 2.39. The lowest BCUT2D eigenvalue weighted by Crippen LogP contribution is -2.41. The Balaban J connectivity index is 1.94. The van der Waals surface area contributed by atoms with E-state index in [9.17, 15) is 5.11 Å². The minimum absolute atomic E-state index is 0.512. The predicted molar refractivity (Wildman–Crippen MR) is 69.3 cm³/mol. The minimum atomic E-state index is -0.512. The molecule has 1 heterocycles. The van der Waals surface area contributed by atoms with Gasteiger partial charge < -0.3 is 10.4 Å². The molecule has 0 aromatic carbocycles. The Labute approximate surface area is 106 Å². The summed E-state index contributed by atoms with van der Waals surface area (Å²) in [5, 5.41) is 13.8. The van der Waals surface area contributed by atoms with Gasteiger partial charge in [0.15, 0.2) is 0 Å². The maximum atomic E-state index is 10.5. The van der Waals surface area contributed by atoms with Crippen molar-refractivity contribution in [3.8, 4) is 0 Å². The van der Waals surface area contributed by atoms with Gasteiger partial charge in [0.2, 0.25) is 0 Å². The Morgan fingerprint density at radius 1 is 1.50 bits per heavy atom. The maximum absolute atomic E-state index is 10.5. The highest BCUT2D eigenvalue weighted by Crippen LogP contribution is 2.34. The van der Waals surface area contributed by atoms with Gasteiger partial charge in [-0.1, -0.05) is 11.6 Å². The summed E-state index contributed by atoms with van der Waals surface area (Å²) >= 11 is 7.47. The lowest BCUT2D eigenvalue weighted by molar-refractivity contribution is -0.00175. The quantitative estimate of drug-likeness (QED) is 0.875. The van der Waals surface area contributed by atoms with E-state index in [-0.39, 0.29) is 0 Å². The van der Waals surface area contributed by atoms with E-state index in [0.29, 0.717) is 6.04 Å². The highest BCUT2D eigenvalue weighted by molar-refractivity contribution is 7.16. The van der Waals surface area contributed by atoms with Gasteiger partial charge in [0.05, 0.1) is 9.94 Å². The number of rotatable bonds is 3. The monoisotopic (exact) mass is 259 g/mol. The van der Waals surface area contributed by atoms with E-state index >= 15 is 0 Å². The molecule has 1 aromatic rings. The van der Waals surface area contributed by atoms with Crippen LogP contribution in [0, 0.1) is 0 Å². The minimum Gasteiger partial charge on any atom is -0.390 e. The molecule has 0 atom stereocenters. The molecule has 1 aliphatic rings. The standard InChI is InChI=1S/C12H18ClNOS/c1-14-9-4-6-12(15,7-5-9)8-10-2-3-11(13)16-10/h2-3,9,14-15H,4-8H2,1H3. The summed E-state index contributed by atoms with van der Waals surface area (Å²) in [7, 11) is 1.99. The molecule has 0 unspecified atom stereocenters. The maximum Gasteiger partial charge on any atom is 0.0931 e. The number of hydrogen-bond acceptors (Lipinski definition) is 3. The third kappa shape index (κ3) is 2.98. The third-order valence-corrected chi connectivity index (χ3v) is 4.69. The average molecular weight is 260 g/mol. The van der Waals surface area contributed by atoms with Crippen molar-refractivity contribution in [1.29, 1.82) is 0 Å². The van der Waals surface area contributed by atoms with Crippen LogP contribution in [0.5, 0.6) is 0 Å². The van der Waals surface area contributed by atoms with Gasteiger partial charge in [-0.2, -0.15) is 0 Å². The summed E-state index contributed by atoms with van der Waals surface area (Å²) in [6, 6.07) is 4.51. The molecule has 16 heavy (non-hydrogen) atoms. The first-order chi connectivity index (χ1) is 7.61. The fraction of sp³-hybridized carbons (Fsp3) is 0.667. The Kier molecular flexibility index (Phi) is 3.90. The number of aliphatic hydroxyl groups is 1. The summed E-state index contributed by atoms with van der Waals surface area (Å²) < 4.78 is 0.808. The number of halogens is 1. The smallest absolute Gasteiger partial charge is 0.0931 e. The van der Waals surface area contributed by atoms with Crippen molar-refractivity contribution >= 4 is 22.9 Å². The topological polar surface area (TPSA) is 32.3 Å². The summed E-state index contributed by atoms with van der Waals surface area (Å²) in [4.78, 5) is 1.19. The first kappa shape index (κ1) is 12.4. The zero-order valence-electron chi connectivity index (χ0n) is 9.50. The van der Waals surface area contributed by atoms with Crippen molar-refractivity contribution in [1.82, 2.24) is 5.32 Å². The highest BCUT2D eigenvalue weighted by Gasteiger charge is 2.33. The lowest BCUT2D eigenvalue weighted by Gasteiger charge is -2.35. The molecule has 0 amide bonds. The van der Waals surface area contributed by atoms with Gasteiger partial charge in [-0.05, 0) is 44.9 Å². The second-order valence-electron chi connectivity index (χ2n) is 4.67. The van der Waals surface area contributed by atoms with E-state index < -0.39 is 5.60 Å². The van der Waals surface area contributed by atoms with E-state index in [1.807, 2.05) is 19.2 Å². The summed E-state index contributed by atoms with van der Waals surface area (Å²) in [5.41, 5.74) is -0.512. The third-order valence-electron chi connectivity index (χ3n) is 3.46.